The van der Waals surface area contributed by atoms with Gasteiger partial charge in [0.05, 0.1) is 6.20 Å². The van der Waals surface area contributed by atoms with Crippen molar-refractivity contribution < 1.29 is 14.3 Å². The predicted molar refractivity (Wildman–Crippen MR) is 96.8 cm³/mol. The van der Waals surface area contributed by atoms with Crippen LogP contribution in [0, 0.1) is 0 Å². The fraction of sp³-hybridized carbons (Fsp3) is 0.0556. The number of carbonyl (C=O) groups excluding carboxylic acids is 1. The third kappa shape index (κ3) is 5.29. The number of amides is 1. The van der Waals surface area contributed by atoms with E-state index in [0.29, 0.717) is 23.1 Å². The number of hydrogen-bond donors (Lipinski definition) is 1. The topological polar surface area (TPSA) is 73.3 Å². The average Bonchev–Trinajstić information content (AvgIpc) is 2.62. The number of hydrogen-bond acceptors (Lipinski definition) is 5. The maximum Gasteiger partial charge on any atom is 0.262 e. The number of halogens is 1. The molecule has 1 heterocycles. The van der Waals surface area contributed by atoms with Gasteiger partial charge in [-0.1, -0.05) is 22.0 Å². The van der Waals surface area contributed by atoms with Crippen LogP contribution < -0.4 is 14.8 Å². The van der Waals surface area contributed by atoms with Gasteiger partial charge >= 0.3 is 0 Å². The molecule has 0 aliphatic heterocycles. The van der Waals surface area contributed by atoms with Crippen molar-refractivity contribution in [1.82, 2.24) is 9.97 Å². The maximum atomic E-state index is 12.0. The smallest absolute Gasteiger partial charge is 0.262 e. The van der Waals surface area contributed by atoms with Gasteiger partial charge in [0.15, 0.2) is 6.61 Å². The van der Waals surface area contributed by atoms with Crippen LogP contribution >= 0.6 is 15.9 Å². The van der Waals surface area contributed by atoms with Crippen molar-refractivity contribution >= 4 is 27.5 Å². The molecule has 0 aliphatic carbocycles. The van der Waals surface area contributed by atoms with Crippen LogP contribution in [0.3, 0.4) is 0 Å². The molecule has 2 aromatic carbocycles. The molecule has 3 rings (SSSR count). The Bertz CT molecular complexity index is 842. The fourth-order valence-electron chi connectivity index (χ4n) is 1.97. The molecule has 1 amide bonds. The van der Waals surface area contributed by atoms with E-state index in [9.17, 15) is 4.79 Å². The molecular formula is C18H14BrN3O3. The molecule has 7 heteroatoms. The van der Waals surface area contributed by atoms with E-state index in [-0.39, 0.29) is 12.5 Å². The van der Waals surface area contributed by atoms with Crippen molar-refractivity contribution in [3.8, 4) is 17.4 Å². The van der Waals surface area contributed by atoms with Gasteiger partial charge in [0.25, 0.3) is 5.91 Å². The van der Waals surface area contributed by atoms with Gasteiger partial charge in [-0.25, -0.2) is 4.98 Å². The summed E-state index contributed by atoms with van der Waals surface area (Å²) in [6.45, 7) is -0.0864. The summed E-state index contributed by atoms with van der Waals surface area (Å²) in [7, 11) is 0. The quantitative estimate of drug-likeness (QED) is 0.676. The molecule has 25 heavy (non-hydrogen) atoms. The summed E-state index contributed by atoms with van der Waals surface area (Å²) >= 11 is 3.35. The van der Waals surface area contributed by atoms with Gasteiger partial charge in [0.1, 0.15) is 11.5 Å². The Kier molecular flexibility index (Phi) is 5.58. The molecule has 0 spiro atoms. The van der Waals surface area contributed by atoms with E-state index < -0.39 is 0 Å². The zero-order valence-electron chi connectivity index (χ0n) is 13.1. The van der Waals surface area contributed by atoms with Crippen LogP contribution in [-0.4, -0.2) is 22.5 Å². The zero-order chi connectivity index (χ0) is 17.5. The van der Waals surface area contributed by atoms with Gasteiger partial charge in [0.2, 0.25) is 5.88 Å². The lowest BCUT2D eigenvalue weighted by Crippen LogP contribution is -2.20. The summed E-state index contributed by atoms with van der Waals surface area (Å²) in [5.74, 6) is 1.29. The standard InChI is InChI=1S/C18H14BrN3O3/c19-13-4-6-15(7-5-13)24-12-17(23)22-14-2-1-3-16(10-14)25-18-11-20-8-9-21-18/h1-11H,12H2,(H,22,23). The molecule has 0 unspecified atom stereocenters. The lowest BCUT2D eigenvalue weighted by atomic mass is 10.3. The number of carbonyl (C=O) groups is 1. The molecule has 0 fully saturated rings. The lowest BCUT2D eigenvalue weighted by Gasteiger charge is -2.09. The van der Waals surface area contributed by atoms with Crippen LogP contribution in [0.2, 0.25) is 0 Å². The first-order valence-corrected chi connectivity index (χ1v) is 8.20. The molecule has 1 N–H and O–H groups in total. The van der Waals surface area contributed by atoms with Crippen molar-refractivity contribution in [2.24, 2.45) is 0 Å². The highest BCUT2D eigenvalue weighted by atomic mass is 79.9. The molecule has 126 valence electrons. The monoisotopic (exact) mass is 399 g/mol. The average molecular weight is 400 g/mol. The van der Waals surface area contributed by atoms with Crippen molar-refractivity contribution in [3.05, 3.63) is 71.6 Å². The summed E-state index contributed by atoms with van der Waals surface area (Å²) in [5, 5.41) is 2.76. The van der Waals surface area contributed by atoms with Crippen LogP contribution in [0.25, 0.3) is 0 Å². The van der Waals surface area contributed by atoms with Gasteiger partial charge in [-0.3, -0.25) is 9.78 Å². The van der Waals surface area contributed by atoms with Crippen LogP contribution in [-0.2, 0) is 4.79 Å². The Balaban J connectivity index is 1.56. The largest absolute Gasteiger partial charge is 0.484 e. The van der Waals surface area contributed by atoms with E-state index in [1.54, 1.807) is 48.8 Å². The van der Waals surface area contributed by atoms with Gasteiger partial charge in [-0.15, -0.1) is 0 Å². The third-order valence-electron chi connectivity index (χ3n) is 3.06. The summed E-state index contributed by atoms with van der Waals surface area (Å²) in [5.41, 5.74) is 0.603. The number of nitrogens with one attached hydrogen (secondary N) is 1. The SMILES string of the molecule is O=C(COc1ccc(Br)cc1)Nc1cccc(Oc2cnccn2)c1. The number of rotatable bonds is 6. The highest BCUT2D eigenvalue weighted by Gasteiger charge is 2.06. The van der Waals surface area contributed by atoms with Gasteiger partial charge in [-0.05, 0) is 36.4 Å². The van der Waals surface area contributed by atoms with E-state index in [1.165, 1.54) is 6.20 Å². The Labute approximate surface area is 153 Å². The Morgan fingerprint density at radius 1 is 1.08 bits per heavy atom. The third-order valence-corrected chi connectivity index (χ3v) is 3.59. The van der Waals surface area contributed by atoms with Gasteiger partial charge < -0.3 is 14.8 Å². The minimum absolute atomic E-state index is 0.0864. The highest BCUT2D eigenvalue weighted by Crippen LogP contribution is 2.22. The van der Waals surface area contributed by atoms with Gasteiger partial charge in [0, 0.05) is 28.6 Å². The van der Waals surface area contributed by atoms with Crippen LogP contribution in [0.1, 0.15) is 0 Å². The van der Waals surface area contributed by atoms with Crippen LogP contribution in [0.4, 0.5) is 5.69 Å². The molecule has 0 saturated carbocycles. The molecule has 0 atom stereocenters. The summed E-state index contributed by atoms with van der Waals surface area (Å²) < 4.78 is 12.0. The highest BCUT2D eigenvalue weighted by molar-refractivity contribution is 9.10. The first-order valence-electron chi connectivity index (χ1n) is 7.41. The van der Waals surface area contributed by atoms with Crippen molar-refractivity contribution in [1.29, 1.82) is 0 Å². The predicted octanol–water partition coefficient (Wildman–Crippen LogP) is 4.05. The first-order chi connectivity index (χ1) is 12.2. The molecule has 0 radical (unpaired) electrons. The Morgan fingerprint density at radius 3 is 2.68 bits per heavy atom. The van der Waals surface area contributed by atoms with Gasteiger partial charge in [-0.2, -0.15) is 0 Å². The normalized spacial score (nSPS) is 10.1. The maximum absolute atomic E-state index is 12.0. The van der Waals surface area contributed by atoms with E-state index in [2.05, 4.69) is 31.2 Å². The molecule has 6 nitrogen and oxygen atoms in total. The Morgan fingerprint density at radius 2 is 1.92 bits per heavy atom. The summed E-state index contributed by atoms with van der Waals surface area (Å²) in [6.07, 6.45) is 4.62. The second kappa shape index (κ2) is 8.25. The summed E-state index contributed by atoms with van der Waals surface area (Å²) in [4.78, 5) is 20.0. The van der Waals surface area contributed by atoms with E-state index in [0.717, 1.165) is 4.47 Å². The number of aromatic nitrogens is 2. The second-order valence-electron chi connectivity index (χ2n) is 4.96. The zero-order valence-corrected chi connectivity index (χ0v) is 14.6. The molecule has 1 aromatic heterocycles. The van der Waals surface area contributed by atoms with E-state index in [4.69, 9.17) is 9.47 Å². The minimum Gasteiger partial charge on any atom is -0.484 e. The van der Waals surface area contributed by atoms with E-state index in [1.807, 2.05) is 12.1 Å². The number of anilines is 1. The molecule has 0 aliphatic rings. The Hall–Kier alpha value is -2.93. The van der Waals surface area contributed by atoms with Crippen molar-refractivity contribution in [2.75, 3.05) is 11.9 Å². The first kappa shape index (κ1) is 16.9. The number of nitrogens with zero attached hydrogens (tertiary/aromatic N) is 2. The molecular weight excluding hydrogens is 386 g/mol. The van der Waals surface area contributed by atoms with Crippen LogP contribution in [0.15, 0.2) is 71.6 Å². The minimum atomic E-state index is -0.264. The van der Waals surface area contributed by atoms with Crippen LogP contribution in [0.5, 0.6) is 17.4 Å². The fourth-order valence-corrected chi connectivity index (χ4v) is 2.24. The number of benzene rings is 2. The lowest BCUT2D eigenvalue weighted by molar-refractivity contribution is -0.118. The molecule has 3 aromatic rings. The molecule has 0 saturated heterocycles. The second-order valence-corrected chi connectivity index (χ2v) is 5.88. The summed E-state index contributed by atoms with van der Waals surface area (Å²) in [6, 6.07) is 14.3. The molecule has 0 bridgehead atoms. The number of ether oxygens (including phenoxy) is 2. The van der Waals surface area contributed by atoms with Crippen molar-refractivity contribution in [3.63, 3.8) is 0 Å². The van der Waals surface area contributed by atoms with Crippen molar-refractivity contribution in [2.45, 2.75) is 0 Å². The van der Waals surface area contributed by atoms with E-state index >= 15 is 0 Å².